The number of anilines is 1. The molecule has 1 aliphatic carbocycles. The number of rotatable bonds is 6. The van der Waals surface area contributed by atoms with Crippen LogP contribution in [-0.4, -0.2) is 34.6 Å². The molecule has 0 saturated carbocycles. The minimum Gasteiger partial charge on any atom is -0.429 e. The van der Waals surface area contributed by atoms with Crippen molar-refractivity contribution in [3.8, 4) is 0 Å². The molecule has 0 bridgehead atoms. The Bertz CT molecular complexity index is 653. The first kappa shape index (κ1) is 19.7. The molecule has 0 spiro atoms. The topological polar surface area (TPSA) is 29.5 Å². The number of allylic oxidation sites excluding steroid dienone is 1. The fraction of sp³-hybridized carbons (Fsp3) is 0.571. The predicted molar refractivity (Wildman–Crippen MR) is 114 cm³/mol. The van der Waals surface area contributed by atoms with Gasteiger partial charge in [0.05, 0.1) is 6.04 Å². The summed E-state index contributed by atoms with van der Waals surface area (Å²) in [5, 5.41) is 0. The number of carbonyl (C=O) groups excluding carboxylic acids is 1. The molecule has 2 aliphatic rings. The molecule has 0 fully saturated rings. The van der Waals surface area contributed by atoms with Crippen LogP contribution in [-0.2, 0) is 9.53 Å². The average Bonchev–Trinajstić information content (AvgIpc) is 2.88. The van der Waals surface area contributed by atoms with Gasteiger partial charge in [-0.2, -0.15) is 0 Å². The van der Waals surface area contributed by atoms with Crippen LogP contribution in [0.5, 0.6) is 0 Å². The van der Waals surface area contributed by atoms with Crippen molar-refractivity contribution in [1.82, 2.24) is 0 Å². The Morgan fingerprint density at radius 2 is 1.73 bits per heavy atom. The number of likely N-dealkylation sites (N-methyl/N-ethyl adjacent to an activating group) is 1. The quantitative estimate of drug-likeness (QED) is 0.474. The van der Waals surface area contributed by atoms with Gasteiger partial charge in [-0.05, 0) is 48.5 Å². The minimum absolute atomic E-state index is 0.0362. The monoisotopic (exact) mass is 391 g/mol. The van der Waals surface area contributed by atoms with Gasteiger partial charge in [0.1, 0.15) is 5.76 Å². The molecule has 3 nitrogen and oxygen atoms in total. The Morgan fingerprint density at radius 3 is 2.38 bits per heavy atom. The second-order valence-electron chi connectivity index (χ2n) is 6.78. The average molecular weight is 392 g/mol. The van der Waals surface area contributed by atoms with Gasteiger partial charge < -0.3 is 9.64 Å². The molecule has 1 aromatic carbocycles. The van der Waals surface area contributed by atoms with E-state index in [-0.39, 0.29) is 12.0 Å². The maximum Gasteiger partial charge on any atom is 0.340 e. The number of ether oxygens (including phenoxy) is 1. The Hall–Kier alpha value is -1.07. The molecule has 3 rings (SSSR count). The second kappa shape index (κ2) is 8.75. The molecule has 142 valence electrons. The molecule has 0 amide bonds. The SMILES string of the molecule is CCSC1(SCC)C(=O)OC2=C(CCCCC2)C1N(C)c1ccccc1. The number of hydrogen-bond acceptors (Lipinski definition) is 5. The maximum absolute atomic E-state index is 13.3. The van der Waals surface area contributed by atoms with E-state index in [0.29, 0.717) is 0 Å². The number of para-hydroxylation sites is 1. The molecular formula is C21H29NO2S2. The van der Waals surface area contributed by atoms with Crippen LogP contribution in [0.4, 0.5) is 5.69 Å². The van der Waals surface area contributed by atoms with Crippen LogP contribution in [0.25, 0.3) is 0 Å². The summed E-state index contributed by atoms with van der Waals surface area (Å²) in [7, 11) is 2.13. The summed E-state index contributed by atoms with van der Waals surface area (Å²) in [6.07, 6.45) is 5.42. The van der Waals surface area contributed by atoms with Crippen LogP contribution >= 0.6 is 23.5 Å². The van der Waals surface area contributed by atoms with Gasteiger partial charge in [-0.15, -0.1) is 23.5 Å². The molecular weight excluding hydrogens is 362 g/mol. The van der Waals surface area contributed by atoms with E-state index in [0.717, 1.165) is 42.2 Å². The zero-order chi connectivity index (χ0) is 18.6. The van der Waals surface area contributed by atoms with Gasteiger partial charge in [-0.3, -0.25) is 0 Å². The molecule has 26 heavy (non-hydrogen) atoms. The molecule has 1 aliphatic heterocycles. The van der Waals surface area contributed by atoms with Gasteiger partial charge >= 0.3 is 5.97 Å². The normalized spacial score (nSPS) is 22.4. The zero-order valence-electron chi connectivity index (χ0n) is 16.0. The third kappa shape index (κ3) is 3.65. The van der Waals surface area contributed by atoms with Crippen molar-refractivity contribution in [2.45, 2.75) is 56.1 Å². The van der Waals surface area contributed by atoms with Gasteiger partial charge in [0.15, 0.2) is 4.08 Å². The number of nitrogens with zero attached hydrogens (tertiary/aromatic N) is 1. The first-order chi connectivity index (χ1) is 12.6. The summed E-state index contributed by atoms with van der Waals surface area (Å²) in [6.45, 7) is 4.26. The van der Waals surface area contributed by atoms with E-state index in [1.165, 1.54) is 18.4 Å². The summed E-state index contributed by atoms with van der Waals surface area (Å²) in [5.74, 6) is 2.67. The van der Waals surface area contributed by atoms with Crippen molar-refractivity contribution in [1.29, 1.82) is 0 Å². The molecule has 1 aromatic rings. The van der Waals surface area contributed by atoms with Gasteiger partial charge in [0.2, 0.25) is 0 Å². The van der Waals surface area contributed by atoms with Gasteiger partial charge in [-0.25, -0.2) is 4.79 Å². The van der Waals surface area contributed by atoms with Crippen molar-refractivity contribution in [3.63, 3.8) is 0 Å². The van der Waals surface area contributed by atoms with Crippen molar-refractivity contribution < 1.29 is 9.53 Å². The van der Waals surface area contributed by atoms with E-state index in [1.54, 1.807) is 23.5 Å². The summed E-state index contributed by atoms with van der Waals surface area (Å²) >= 11 is 3.48. The number of thioether (sulfide) groups is 2. The van der Waals surface area contributed by atoms with Crippen LogP contribution in [0, 0.1) is 0 Å². The van der Waals surface area contributed by atoms with Crippen molar-refractivity contribution in [3.05, 3.63) is 41.7 Å². The molecule has 1 heterocycles. The van der Waals surface area contributed by atoms with E-state index in [2.05, 4.69) is 50.1 Å². The largest absolute Gasteiger partial charge is 0.429 e. The van der Waals surface area contributed by atoms with Gasteiger partial charge in [-0.1, -0.05) is 38.5 Å². The van der Waals surface area contributed by atoms with Crippen LogP contribution in [0.2, 0.25) is 0 Å². The van der Waals surface area contributed by atoms with Crippen molar-refractivity contribution in [2.24, 2.45) is 0 Å². The fourth-order valence-electron chi connectivity index (χ4n) is 4.05. The number of benzene rings is 1. The first-order valence-corrected chi connectivity index (χ1v) is 11.6. The molecule has 0 N–H and O–H groups in total. The third-order valence-electron chi connectivity index (χ3n) is 5.17. The Labute approximate surface area is 165 Å². The lowest BCUT2D eigenvalue weighted by Crippen LogP contribution is -2.57. The standard InChI is InChI=1S/C21H29NO2S2/c1-4-25-21(26-5-2)19(22(3)16-12-8-6-9-13-16)17-14-10-7-11-15-18(17)24-20(21)23/h6,8-9,12-13,19H,4-5,7,10-11,14-15H2,1-3H3. The molecule has 5 heteroatoms. The summed E-state index contributed by atoms with van der Waals surface area (Å²) < 4.78 is 5.38. The van der Waals surface area contributed by atoms with Crippen LogP contribution in [0.1, 0.15) is 46.0 Å². The fourth-order valence-corrected chi connectivity index (χ4v) is 7.19. The number of esters is 1. The van der Waals surface area contributed by atoms with Crippen LogP contribution in [0.15, 0.2) is 41.7 Å². The molecule has 1 unspecified atom stereocenters. The highest BCUT2D eigenvalue weighted by atomic mass is 32.2. The molecule has 0 saturated heterocycles. The smallest absolute Gasteiger partial charge is 0.340 e. The molecule has 0 aromatic heterocycles. The Morgan fingerprint density at radius 1 is 1.08 bits per heavy atom. The summed E-state index contributed by atoms with van der Waals surface area (Å²) in [4.78, 5) is 15.6. The molecule has 1 atom stereocenters. The van der Waals surface area contributed by atoms with Gasteiger partial charge in [0.25, 0.3) is 0 Å². The van der Waals surface area contributed by atoms with E-state index < -0.39 is 4.08 Å². The minimum atomic E-state index is -0.600. The second-order valence-corrected chi connectivity index (χ2v) is 10.1. The maximum atomic E-state index is 13.3. The van der Waals surface area contributed by atoms with E-state index in [9.17, 15) is 4.79 Å². The molecule has 0 radical (unpaired) electrons. The number of carbonyl (C=O) groups is 1. The number of hydrogen-bond donors (Lipinski definition) is 0. The van der Waals surface area contributed by atoms with E-state index >= 15 is 0 Å². The van der Waals surface area contributed by atoms with Gasteiger partial charge in [0, 0.05) is 19.2 Å². The van der Waals surface area contributed by atoms with Crippen LogP contribution < -0.4 is 4.90 Å². The Balaban J connectivity index is 2.12. The highest BCUT2D eigenvalue weighted by Crippen LogP contribution is 2.51. The van der Waals surface area contributed by atoms with E-state index in [1.807, 2.05) is 6.07 Å². The summed E-state index contributed by atoms with van der Waals surface area (Å²) in [5.41, 5.74) is 2.50. The van der Waals surface area contributed by atoms with Crippen molar-refractivity contribution in [2.75, 3.05) is 23.5 Å². The lowest BCUT2D eigenvalue weighted by Gasteiger charge is -2.47. The lowest BCUT2D eigenvalue weighted by molar-refractivity contribution is -0.141. The first-order valence-electron chi connectivity index (χ1n) is 9.64. The van der Waals surface area contributed by atoms with Crippen LogP contribution in [0.3, 0.4) is 0 Å². The predicted octanol–water partition coefficient (Wildman–Crippen LogP) is 5.47. The highest BCUT2D eigenvalue weighted by molar-refractivity contribution is 8.19. The lowest BCUT2D eigenvalue weighted by atomic mass is 9.93. The van der Waals surface area contributed by atoms with E-state index in [4.69, 9.17) is 4.74 Å². The third-order valence-corrected chi connectivity index (χ3v) is 8.09. The summed E-state index contributed by atoms with van der Waals surface area (Å²) in [6, 6.07) is 10.5. The zero-order valence-corrected chi connectivity index (χ0v) is 17.6. The highest BCUT2D eigenvalue weighted by Gasteiger charge is 2.55. The Kier molecular flexibility index (Phi) is 6.62. The van der Waals surface area contributed by atoms with Crippen molar-refractivity contribution >= 4 is 35.2 Å².